The molecule has 0 aliphatic rings. The fraction of sp³-hybridized carbons (Fsp3) is 0.143. The minimum atomic E-state index is -1.13. The molecule has 1 aromatic heterocycles. The Morgan fingerprint density at radius 2 is 1.83 bits per heavy atom. The van der Waals surface area contributed by atoms with Crippen LogP contribution in [0.3, 0.4) is 0 Å². The summed E-state index contributed by atoms with van der Waals surface area (Å²) >= 11 is 0.865. The zero-order chi connectivity index (χ0) is 21.5. The summed E-state index contributed by atoms with van der Waals surface area (Å²) in [6.07, 6.45) is 2.04. The van der Waals surface area contributed by atoms with Crippen LogP contribution in [0, 0.1) is 0 Å². The quantitative estimate of drug-likeness (QED) is 0.384. The molecule has 2 N–H and O–H groups in total. The Bertz CT molecular complexity index is 1080. The van der Waals surface area contributed by atoms with Gasteiger partial charge in [-0.2, -0.15) is 0 Å². The third-order valence-corrected chi connectivity index (χ3v) is 4.81. The number of aliphatic carboxylic acids is 1. The summed E-state index contributed by atoms with van der Waals surface area (Å²) < 4.78 is 11.2. The van der Waals surface area contributed by atoms with E-state index in [2.05, 4.69) is 10.2 Å². The Kier molecular flexibility index (Phi) is 6.87. The van der Waals surface area contributed by atoms with Gasteiger partial charge in [0.25, 0.3) is 5.22 Å². The summed E-state index contributed by atoms with van der Waals surface area (Å²) in [5.74, 6) is -1.21. The standard InChI is InChI=1S/C21H18N2O6S/c1-2-18-22-23-21(29-18)30-17(20(26)27)11-15-5-3-4-6-16(15)28-12-13-7-9-14(10-8-13)19(24)25/h3-11H,2,12H2,1H3,(H,24,25)(H,26,27)/b17-11-. The van der Waals surface area contributed by atoms with Crippen LogP contribution in [-0.4, -0.2) is 32.3 Å². The molecule has 0 spiro atoms. The lowest BCUT2D eigenvalue weighted by Crippen LogP contribution is -2.00. The Morgan fingerprint density at radius 1 is 1.10 bits per heavy atom. The first kappa shape index (κ1) is 21.1. The average molecular weight is 426 g/mol. The van der Waals surface area contributed by atoms with E-state index >= 15 is 0 Å². The van der Waals surface area contributed by atoms with Crippen molar-refractivity contribution in [3.63, 3.8) is 0 Å². The number of aryl methyl sites for hydroxylation is 1. The van der Waals surface area contributed by atoms with Gasteiger partial charge in [0.15, 0.2) is 0 Å². The number of hydrogen-bond donors (Lipinski definition) is 2. The van der Waals surface area contributed by atoms with Crippen LogP contribution in [0.1, 0.15) is 34.3 Å². The van der Waals surface area contributed by atoms with E-state index in [9.17, 15) is 14.7 Å². The van der Waals surface area contributed by atoms with Gasteiger partial charge in [0.05, 0.1) is 5.56 Å². The van der Waals surface area contributed by atoms with Gasteiger partial charge in [-0.1, -0.05) is 37.3 Å². The predicted molar refractivity (Wildman–Crippen MR) is 109 cm³/mol. The Morgan fingerprint density at radius 3 is 2.47 bits per heavy atom. The highest BCUT2D eigenvalue weighted by atomic mass is 32.2. The summed E-state index contributed by atoms with van der Waals surface area (Å²) in [5, 5.41) is 26.3. The highest BCUT2D eigenvalue weighted by Gasteiger charge is 2.16. The Balaban J connectivity index is 1.78. The van der Waals surface area contributed by atoms with Gasteiger partial charge >= 0.3 is 11.9 Å². The van der Waals surface area contributed by atoms with Crippen LogP contribution in [-0.2, 0) is 17.8 Å². The third-order valence-electron chi connectivity index (χ3n) is 3.96. The molecule has 0 unspecified atom stereocenters. The lowest BCUT2D eigenvalue weighted by atomic mass is 10.1. The number of thioether (sulfide) groups is 1. The van der Waals surface area contributed by atoms with E-state index in [1.165, 1.54) is 18.2 Å². The van der Waals surface area contributed by atoms with Gasteiger partial charge in [0.1, 0.15) is 17.3 Å². The molecule has 8 nitrogen and oxygen atoms in total. The van der Waals surface area contributed by atoms with Crippen molar-refractivity contribution in [2.75, 3.05) is 0 Å². The van der Waals surface area contributed by atoms with Crippen LogP contribution < -0.4 is 4.74 Å². The van der Waals surface area contributed by atoms with Crippen LogP contribution in [0.15, 0.2) is 63.1 Å². The molecular formula is C21H18N2O6S. The zero-order valence-corrected chi connectivity index (χ0v) is 16.8. The molecule has 3 aromatic rings. The second-order valence-electron chi connectivity index (χ2n) is 6.06. The Hall–Kier alpha value is -3.59. The molecule has 0 saturated carbocycles. The first-order valence-electron chi connectivity index (χ1n) is 8.95. The number of ether oxygens (including phenoxy) is 1. The summed E-state index contributed by atoms with van der Waals surface area (Å²) in [4.78, 5) is 22.6. The maximum Gasteiger partial charge on any atom is 0.342 e. The van der Waals surface area contributed by atoms with E-state index in [1.54, 1.807) is 36.4 Å². The number of carboxylic acid groups (broad SMARTS) is 2. The number of carboxylic acids is 2. The van der Waals surface area contributed by atoms with Crippen molar-refractivity contribution < 1.29 is 29.0 Å². The van der Waals surface area contributed by atoms with Crippen LogP contribution in [0.2, 0.25) is 0 Å². The molecule has 0 saturated heterocycles. The number of hydrogen-bond acceptors (Lipinski definition) is 7. The highest BCUT2D eigenvalue weighted by Crippen LogP contribution is 2.30. The van der Waals surface area contributed by atoms with Gasteiger partial charge in [0, 0.05) is 12.0 Å². The van der Waals surface area contributed by atoms with Crippen LogP contribution in [0.5, 0.6) is 5.75 Å². The minimum Gasteiger partial charge on any atom is -0.488 e. The molecule has 0 atom stereocenters. The predicted octanol–water partition coefficient (Wildman–Crippen LogP) is 4.13. The number of nitrogens with zero attached hydrogens (tertiary/aromatic N) is 2. The van der Waals surface area contributed by atoms with Crippen molar-refractivity contribution in [1.29, 1.82) is 0 Å². The molecule has 0 aliphatic carbocycles. The molecule has 9 heteroatoms. The van der Waals surface area contributed by atoms with Gasteiger partial charge < -0.3 is 19.4 Å². The summed E-state index contributed by atoms with van der Waals surface area (Å²) in [6.45, 7) is 2.06. The molecule has 0 bridgehead atoms. The van der Waals surface area contributed by atoms with E-state index in [-0.39, 0.29) is 22.3 Å². The number of aromatic nitrogens is 2. The van der Waals surface area contributed by atoms with Gasteiger partial charge in [-0.15, -0.1) is 10.2 Å². The van der Waals surface area contributed by atoms with E-state index in [1.807, 2.05) is 6.92 Å². The molecule has 2 aromatic carbocycles. The number of carbonyl (C=O) groups is 2. The van der Waals surface area contributed by atoms with Crippen molar-refractivity contribution >= 4 is 29.8 Å². The van der Waals surface area contributed by atoms with E-state index in [0.29, 0.717) is 23.6 Å². The van der Waals surface area contributed by atoms with Crippen LogP contribution in [0.4, 0.5) is 0 Å². The fourth-order valence-corrected chi connectivity index (χ4v) is 3.11. The summed E-state index contributed by atoms with van der Waals surface area (Å²) in [7, 11) is 0. The molecule has 0 aliphatic heterocycles. The lowest BCUT2D eigenvalue weighted by Gasteiger charge is -2.10. The van der Waals surface area contributed by atoms with Gasteiger partial charge in [-0.3, -0.25) is 0 Å². The Labute approximate surface area is 176 Å². The molecule has 0 radical (unpaired) electrons. The number of aromatic carboxylic acids is 1. The molecule has 30 heavy (non-hydrogen) atoms. The fourth-order valence-electron chi connectivity index (χ4n) is 2.43. The first-order valence-corrected chi connectivity index (χ1v) is 9.77. The summed E-state index contributed by atoms with van der Waals surface area (Å²) in [6, 6.07) is 13.3. The number of rotatable bonds is 9. The maximum absolute atomic E-state index is 11.7. The second kappa shape index (κ2) is 9.75. The van der Waals surface area contributed by atoms with Gasteiger partial charge in [-0.05, 0) is 41.6 Å². The van der Waals surface area contributed by atoms with Crippen molar-refractivity contribution in [2.45, 2.75) is 25.2 Å². The molecule has 3 rings (SSSR count). The normalized spacial score (nSPS) is 11.3. The molecule has 0 fully saturated rings. The first-order chi connectivity index (χ1) is 14.5. The van der Waals surface area contributed by atoms with E-state index in [0.717, 1.165) is 17.3 Å². The van der Waals surface area contributed by atoms with Crippen molar-refractivity contribution in [1.82, 2.24) is 10.2 Å². The summed E-state index contributed by atoms with van der Waals surface area (Å²) in [5.41, 5.74) is 1.54. The van der Waals surface area contributed by atoms with Crippen LogP contribution in [0.25, 0.3) is 6.08 Å². The van der Waals surface area contributed by atoms with E-state index < -0.39 is 11.9 Å². The molecular weight excluding hydrogens is 408 g/mol. The minimum absolute atomic E-state index is 0.00293. The van der Waals surface area contributed by atoms with Gasteiger partial charge in [0.2, 0.25) is 5.89 Å². The number of para-hydroxylation sites is 1. The van der Waals surface area contributed by atoms with Crippen molar-refractivity contribution in [3.05, 3.63) is 76.0 Å². The number of benzene rings is 2. The lowest BCUT2D eigenvalue weighted by molar-refractivity contribution is -0.131. The zero-order valence-electron chi connectivity index (χ0n) is 15.9. The monoisotopic (exact) mass is 426 g/mol. The van der Waals surface area contributed by atoms with Crippen molar-refractivity contribution in [3.8, 4) is 5.75 Å². The molecule has 0 amide bonds. The largest absolute Gasteiger partial charge is 0.488 e. The smallest absolute Gasteiger partial charge is 0.342 e. The van der Waals surface area contributed by atoms with Crippen molar-refractivity contribution in [2.24, 2.45) is 0 Å². The second-order valence-corrected chi connectivity index (χ2v) is 7.05. The van der Waals surface area contributed by atoms with Gasteiger partial charge in [-0.25, -0.2) is 9.59 Å². The topological polar surface area (TPSA) is 123 Å². The highest BCUT2D eigenvalue weighted by molar-refractivity contribution is 8.03. The van der Waals surface area contributed by atoms with E-state index in [4.69, 9.17) is 14.3 Å². The molecule has 1 heterocycles. The average Bonchev–Trinajstić information content (AvgIpc) is 3.20. The third kappa shape index (κ3) is 5.48. The maximum atomic E-state index is 11.7. The SMILES string of the molecule is CCc1nnc(S/C(=C\c2ccccc2OCc2ccc(C(=O)O)cc2)C(=O)O)o1. The van der Waals surface area contributed by atoms with Crippen LogP contribution >= 0.6 is 11.8 Å². The molecule has 154 valence electrons.